The van der Waals surface area contributed by atoms with Gasteiger partial charge < -0.3 is 21.7 Å². The van der Waals surface area contributed by atoms with Crippen LogP contribution in [0.2, 0.25) is 0 Å². The molecule has 1 atom stereocenters. The number of carbonyl (C=O) groups excluding carboxylic acids is 3. The molecule has 1 saturated heterocycles. The number of hydrogen-bond acceptors (Lipinski definition) is 8. The summed E-state index contributed by atoms with van der Waals surface area (Å²) in [7, 11) is 0. The van der Waals surface area contributed by atoms with Gasteiger partial charge in [0.15, 0.2) is 5.82 Å². The van der Waals surface area contributed by atoms with E-state index < -0.39 is 29.0 Å². The van der Waals surface area contributed by atoms with Crippen molar-refractivity contribution in [2.75, 3.05) is 19.6 Å². The van der Waals surface area contributed by atoms with Crippen LogP contribution in [0, 0.1) is 11.3 Å². The van der Waals surface area contributed by atoms with Crippen LogP contribution in [-0.4, -0.2) is 58.4 Å². The Bertz CT molecular complexity index is 1520. The van der Waals surface area contributed by atoms with Crippen molar-refractivity contribution in [2.24, 2.45) is 11.5 Å². The molecule has 0 spiro atoms. The summed E-state index contributed by atoms with van der Waals surface area (Å²) in [4.78, 5) is 53.3. The van der Waals surface area contributed by atoms with E-state index in [0.29, 0.717) is 49.9 Å². The fraction of sp³-hybridized carbons (Fsp3) is 0.357. The van der Waals surface area contributed by atoms with E-state index in [1.807, 2.05) is 0 Å². The zero-order valence-electron chi connectivity index (χ0n) is 21.7. The Morgan fingerprint density at radius 2 is 1.73 bits per heavy atom. The van der Waals surface area contributed by atoms with E-state index >= 15 is 0 Å². The Morgan fingerprint density at radius 1 is 1.10 bits per heavy atom. The third-order valence-electron chi connectivity index (χ3n) is 7.88. The molecule has 6 N–H and O–H groups in total. The van der Waals surface area contributed by atoms with Gasteiger partial charge in [0.25, 0.3) is 0 Å². The summed E-state index contributed by atoms with van der Waals surface area (Å²) in [6, 6.07) is 12.1. The highest BCUT2D eigenvalue weighted by Gasteiger charge is 2.44. The maximum Gasteiger partial charge on any atom is 0.438 e. The number of aromatic nitrogens is 2. The molecule has 1 aliphatic heterocycles. The minimum absolute atomic E-state index is 0.0323. The average Bonchev–Trinajstić information content (AvgIpc) is 3.58. The van der Waals surface area contributed by atoms with Crippen molar-refractivity contribution in [3.8, 4) is 6.07 Å². The standard InChI is InChI=1S/C28H29N7O5/c29-14-20-2-1-11-35(20)23(36)15-32-10-9-28(26-33-27(39)40-34-26)21-7-5-18(24(30)37)12-16(21)3-4-17-13-19(25(31)38)6-8-22(17)28/h5-8,12-13,20,32H,1-4,9-11,15H2,(H2,30,37)(H2,31,38)(H,33,34,39). The van der Waals surface area contributed by atoms with E-state index in [4.69, 9.17) is 16.0 Å². The monoisotopic (exact) mass is 543 g/mol. The van der Waals surface area contributed by atoms with Gasteiger partial charge in [-0.15, -0.1) is 0 Å². The second kappa shape index (κ2) is 10.8. The average molecular weight is 544 g/mol. The molecule has 2 aromatic carbocycles. The van der Waals surface area contributed by atoms with Gasteiger partial charge >= 0.3 is 5.76 Å². The van der Waals surface area contributed by atoms with Gasteiger partial charge in [0, 0.05) is 17.7 Å². The van der Waals surface area contributed by atoms with Crippen LogP contribution in [0.1, 0.15) is 68.1 Å². The van der Waals surface area contributed by atoms with Crippen molar-refractivity contribution < 1.29 is 18.9 Å². The lowest BCUT2D eigenvalue weighted by Crippen LogP contribution is -2.42. The van der Waals surface area contributed by atoms with Crippen LogP contribution >= 0.6 is 0 Å². The van der Waals surface area contributed by atoms with E-state index in [-0.39, 0.29) is 18.3 Å². The van der Waals surface area contributed by atoms with Gasteiger partial charge in [0.2, 0.25) is 17.7 Å². The third kappa shape index (κ3) is 4.76. The number of likely N-dealkylation sites (tertiary alicyclic amines) is 1. The van der Waals surface area contributed by atoms with Crippen molar-refractivity contribution in [3.63, 3.8) is 0 Å². The predicted octanol–water partition coefficient (Wildman–Crippen LogP) is 0.488. The zero-order chi connectivity index (χ0) is 28.4. The van der Waals surface area contributed by atoms with Crippen LogP contribution in [0.5, 0.6) is 0 Å². The van der Waals surface area contributed by atoms with Gasteiger partial charge in [0.1, 0.15) is 6.04 Å². The molecule has 206 valence electrons. The van der Waals surface area contributed by atoms with Crippen molar-refractivity contribution in [3.05, 3.63) is 86.2 Å². The maximum absolute atomic E-state index is 12.8. The number of nitrogens with zero attached hydrogens (tertiary/aromatic N) is 3. The lowest BCUT2D eigenvalue weighted by molar-refractivity contribution is -0.130. The first-order valence-electron chi connectivity index (χ1n) is 13.1. The normalized spacial score (nSPS) is 17.4. The number of aryl methyl sites for hydroxylation is 2. The molecule has 0 bridgehead atoms. The summed E-state index contributed by atoms with van der Waals surface area (Å²) < 4.78 is 4.95. The second-order valence-corrected chi connectivity index (χ2v) is 10.1. The van der Waals surface area contributed by atoms with E-state index in [0.717, 1.165) is 28.7 Å². The molecule has 12 nitrogen and oxygen atoms in total. The first kappa shape index (κ1) is 26.8. The largest absolute Gasteiger partial charge is 0.438 e. The molecule has 0 radical (unpaired) electrons. The maximum atomic E-state index is 12.8. The molecular weight excluding hydrogens is 514 g/mol. The summed E-state index contributed by atoms with van der Waals surface area (Å²) >= 11 is 0. The van der Waals surface area contributed by atoms with Gasteiger partial charge in [-0.3, -0.25) is 23.9 Å². The fourth-order valence-corrected chi connectivity index (χ4v) is 5.98. The number of nitrogens with two attached hydrogens (primary N) is 2. The summed E-state index contributed by atoms with van der Waals surface area (Å²) in [5.41, 5.74) is 14.0. The molecule has 3 amide bonds. The second-order valence-electron chi connectivity index (χ2n) is 10.1. The van der Waals surface area contributed by atoms with E-state index in [2.05, 4.69) is 21.5 Å². The van der Waals surface area contributed by atoms with Crippen LogP contribution in [0.4, 0.5) is 0 Å². The molecule has 2 aliphatic rings. The fourth-order valence-electron chi connectivity index (χ4n) is 5.98. The first-order valence-corrected chi connectivity index (χ1v) is 13.1. The number of hydrogen-bond donors (Lipinski definition) is 4. The Kier molecular flexibility index (Phi) is 7.23. The number of H-pyrrole nitrogens is 1. The molecule has 1 unspecified atom stereocenters. The molecule has 3 aromatic rings. The van der Waals surface area contributed by atoms with Crippen molar-refractivity contribution in [1.82, 2.24) is 20.4 Å². The molecule has 0 saturated carbocycles. The Morgan fingerprint density at radius 3 is 2.25 bits per heavy atom. The van der Waals surface area contributed by atoms with Gasteiger partial charge in [-0.2, -0.15) is 5.26 Å². The summed E-state index contributed by atoms with van der Waals surface area (Å²) in [6.07, 6.45) is 2.83. The molecule has 5 rings (SSSR count). The number of amides is 3. The van der Waals surface area contributed by atoms with Crippen LogP contribution < -0.4 is 22.5 Å². The van der Waals surface area contributed by atoms with E-state index in [9.17, 15) is 24.4 Å². The number of fused-ring (bicyclic) bond motifs is 2. The van der Waals surface area contributed by atoms with Crippen LogP contribution in [0.15, 0.2) is 45.7 Å². The number of benzene rings is 2. The summed E-state index contributed by atoms with van der Waals surface area (Å²) in [5.74, 6) is -1.79. The smallest absolute Gasteiger partial charge is 0.366 e. The molecule has 40 heavy (non-hydrogen) atoms. The van der Waals surface area contributed by atoms with Gasteiger partial charge in [-0.25, -0.2) is 4.79 Å². The predicted molar refractivity (Wildman–Crippen MR) is 142 cm³/mol. The van der Waals surface area contributed by atoms with Crippen molar-refractivity contribution in [1.29, 1.82) is 5.26 Å². The SMILES string of the molecule is N#CC1CCCN1C(=O)CNCCC1(c2noc(=O)[nH]2)c2ccc(C(N)=O)cc2CCc2cc(C(N)=O)ccc21. The van der Waals surface area contributed by atoms with Gasteiger partial charge in [-0.1, -0.05) is 17.3 Å². The lowest BCUT2D eigenvalue weighted by atomic mass is 9.69. The minimum Gasteiger partial charge on any atom is -0.366 e. The number of primary amides is 2. The van der Waals surface area contributed by atoms with Gasteiger partial charge in [-0.05, 0) is 85.2 Å². The quantitative estimate of drug-likeness (QED) is 0.294. The van der Waals surface area contributed by atoms with Crippen molar-refractivity contribution in [2.45, 2.75) is 43.6 Å². The number of carbonyl (C=O) groups is 3. The highest BCUT2D eigenvalue weighted by Crippen LogP contribution is 2.46. The first-order chi connectivity index (χ1) is 19.2. The van der Waals surface area contributed by atoms with Crippen LogP contribution in [0.3, 0.4) is 0 Å². The van der Waals surface area contributed by atoms with Gasteiger partial charge in [0.05, 0.1) is 18.0 Å². The molecule has 12 heteroatoms. The highest BCUT2D eigenvalue weighted by atomic mass is 16.5. The Balaban J connectivity index is 1.58. The molecule has 1 aromatic heterocycles. The topological polar surface area (TPSA) is 201 Å². The minimum atomic E-state index is -1.07. The summed E-state index contributed by atoms with van der Waals surface area (Å²) in [6.45, 7) is 0.901. The number of nitriles is 1. The van der Waals surface area contributed by atoms with Crippen LogP contribution in [0.25, 0.3) is 0 Å². The molecule has 1 fully saturated rings. The molecule has 2 heterocycles. The van der Waals surface area contributed by atoms with E-state index in [1.165, 1.54) is 0 Å². The lowest BCUT2D eigenvalue weighted by Gasteiger charge is -2.34. The van der Waals surface area contributed by atoms with Crippen molar-refractivity contribution >= 4 is 17.7 Å². The Labute approximate surface area is 229 Å². The highest BCUT2D eigenvalue weighted by molar-refractivity contribution is 5.94. The third-order valence-corrected chi connectivity index (χ3v) is 7.88. The zero-order valence-corrected chi connectivity index (χ0v) is 21.7. The van der Waals surface area contributed by atoms with Crippen LogP contribution in [-0.2, 0) is 23.1 Å². The Hall–Kier alpha value is -4.76. The number of nitrogens with one attached hydrogen (secondary N) is 2. The summed E-state index contributed by atoms with van der Waals surface area (Å²) in [5, 5.41) is 16.6. The number of rotatable bonds is 8. The number of aromatic amines is 1. The molecular formula is C28H29N7O5. The van der Waals surface area contributed by atoms with E-state index in [1.54, 1.807) is 41.3 Å². The molecule has 1 aliphatic carbocycles.